The lowest BCUT2D eigenvalue weighted by molar-refractivity contribution is 0.170. The molecule has 2 N–H and O–H groups in total. The lowest BCUT2D eigenvalue weighted by Gasteiger charge is -2.10. The van der Waals surface area contributed by atoms with E-state index >= 15 is 0 Å². The number of nitrogen functional groups attached to an aromatic ring is 1. The predicted octanol–water partition coefficient (Wildman–Crippen LogP) is 2.42. The number of hydrogen-bond acceptors (Lipinski definition) is 2. The van der Waals surface area contributed by atoms with Crippen molar-refractivity contribution in [1.82, 2.24) is 0 Å². The van der Waals surface area contributed by atoms with E-state index in [0.29, 0.717) is 12.5 Å². The van der Waals surface area contributed by atoms with Gasteiger partial charge in [-0.3, -0.25) is 0 Å². The summed E-state index contributed by atoms with van der Waals surface area (Å²) >= 11 is 0. The van der Waals surface area contributed by atoms with Gasteiger partial charge < -0.3 is 10.5 Å². The average molecular weight is 203 g/mol. The molecule has 0 aliphatic rings. The summed E-state index contributed by atoms with van der Waals surface area (Å²) in [6.07, 6.45) is 2.87. The van der Waals surface area contributed by atoms with Crippen molar-refractivity contribution in [3.63, 3.8) is 0 Å². The van der Waals surface area contributed by atoms with Crippen LogP contribution in [0.4, 0.5) is 5.69 Å². The van der Waals surface area contributed by atoms with Crippen LogP contribution in [0.3, 0.4) is 0 Å². The molecule has 1 rings (SSSR count). The van der Waals surface area contributed by atoms with Gasteiger partial charge in [0.15, 0.2) is 0 Å². The number of nitrogens with two attached hydrogens (primary N) is 1. The quantitative estimate of drug-likeness (QED) is 0.589. The Kier molecular flexibility index (Phi) is 4.69. The fraction of sp³-hybridized carbons (Fsp3) is 0.308. The van der Waals surface area contributed by atoms with Crippen molar-refractivity contribution in [3.8, 4) is 0 Å². The maximum atomic E-state index is 5.62. The van der Waals surface area contributed by atoms with Crippen molar-refractivity contribution in [1.29, 1.82) is 0 Å². The molecule has 0 aliphatic heterocycles. The van der Waals surface area contributed by atoms with Gasteiger partial charge in [-0.15, -0.1) is 5.73 Å². The molecule has 2 nitrogen and oxygen atoms in total. The van der Waals surface area contributed by atoms with Crippen LogP contribution in [0.15, 0.2) is 42.7 Å². The number of anilines is 1. The zero-order chi connectivity index (χ0) is 11.1. The first-order valence-corrected chi connectivity index (χ1v) is 4.95. The maximum absolute atomic E-state index is 5.62. The second-order valence-electron chi connectivity index (χ2n) is 3.53. The number of methoxy groups -OCH3 is 1. The topological polar surface area (TPSA) is 35.2 Å². The van der Waals surface area contributed by atoms with Gasteiger partial charge in [0.2, 0.25) is 0 Å². The molecule has 15 heavy (non-hydrogen) atoms. The van der Waals surface area contributed by atoms with E-state index in [-0.39, 0.29) is 0 Å². The molecule has 1 aromatic rings. The van der Waals surface area contributed by atoms with Crippen molar-refractivity contribution in [2.24, 2.45) is 5.92 Å². The summed E-state index contributed by atoms with van der Waals surface area (Å²) in [4.78, 5) is 0. The van der Waals surface area contributed by atoms with Crippen molar-refractivity contribution in [3.05, 3.63) is 48.2 Å². The van der Waals surface area contributed by atoms with Crippen molar-refractivity contribution < 1.29 is 4.74 Å². The predicted molar refractivity (Wildman–Crippen MR) is 63.6 cm³/mol. The molecule has 0 radical (unpaired) electrons. The molecule has 1 atom stereocenters. The molecule has 80 valence electrons. The molecule has 0 aromatic heterocycles. The molecule has 0 bridgehead atoms. The third kappa shape index (κ3) is 4.03. The van der Waals surface area contributed by atoms with Gasteiger partial charge in [-0.2, -0.15) is 0 Å². The van der Waals surface area contributed by atoms with Crippen LogP contribution in [0.1, 0.15) is 5.56 Å². The van der Waals surface area contributed by atoms with Crippen LogP contribution >= 0.6 is 0 Å². The largest absolute Gasteiger partial charge is 0.399 e. The summed E-state index contributed by atoms with van der Waals surface area (Å²) in [6, 6.07) is 7.90. The number of benzene rings is 1. The SMILES string of the molecule is C=C=CC(COC)Cc1ccc(N)cc1. The third-order valence-corrected chi connectivity index (χ3v) is 2.21. The smallest absolute Gasteiger partial charge is 0.0534 e. The summed E-state index contributed by atoms with van der Waals surface area (Å²) in [5.41, 5.74) is 10.5. The second-order valence-corrected chi connectivity index (χ2v) is 3.53. The number of hydrogen-bond donors (Lipinski definition) is 1. The molecule has 1 unspecified atom stereocenters. The van der Waals surface area contributed by atoms with E-state index in [9.17, 15) is 0 Å². The van der Waals surface area contributed by atoms with E-state index in [0.717, 1.165) is 12.1 Å². The lowest BCUT2D eigenvalue weighted by atomic mass is 10.00. The number of rotatable bonds is 5. The minimum absolute atomic E-state index is 0.330. The van der Waals surface area contributed by atoms with Gasteiger partial charge in [0.05, 0.1) is 6.61 Å². The van der Waals surface area contributed by atoms with E-state index in [1.807, 2.05) is 30.3 Å². The van der Waals surface area contributed by atoms with Crippen LogP contribution in [-0.2, 0) is 11.2 Å². The molecule has 0 spiro atoms. The van der Waals surface area contributed by atoms with E-state index < -0.39 is 0 Å². The minimum Gasteiger partial charge on any atom is -0.399 e. The van der Waals surface area contributed by atoms with Gasteiger partial charge in [0, 0.05) is 18.7 Å². The summed E-state index contributed by atoms with van der Waals surface area (Å²) < 4.78 is 5.13. The second kappa shape index (κ2) is 6.07. The Morgan fingerprint density at radius 3 is 2.67 bits per heavy atom. The van der Waals surface area contributed by atoms with Crippen LogP contribution in [0.25, 0.3) is 0 Å². The molecule has 0 fully saturated rings. The molecule has 0 amide bonds. The van der Waals surface area contributed by atoms with Crippen LogP contribution in [0, 0.1) is 5.92 Å². The Labute approximate surface area is 91.1 Å². The van der Waals surface area contributed by atoms with Crippen molar-refractivity contribution in [2.75, 3.05) is 19.5 Å². The van der Waals surface area contributed by atoms with E-state index in [1.165, 1.54) is 5.56 Å². The van der Waals surface area contributed by atoms with E-state index in [4.69, 9.17) is 10.5 Å². The Balaban J connectivity index is 2.65. The summed E-state index contributed by atoms with van der Waals surface area (Å²) in [6.45, 7) is 4.27. The molecule has 0 aliphatic carbocycles. The first-order chi connectivity index (χ1) is 7.26. The summed E-state index contributed by atoms with van der Waals surface area (Å²) in [5, 5.41) is 0. The lowest BCUT2D eigenvalue weighted by Crippen LogP contribution is -2.08. The number of ether oxygens (including phenoxy) is 1. The fourth-order valence-corrected chi connectivity index (χ4v) is 1.50. The van der Waals surface area contributed by atoms with Crippen LogP contribution in [-0.4, -0.2) is 13.7 Å². The van der Waals surface area contributed by atoms with Gasteiger partial charge in [0.25, 0.3) is 0 Å². The molecular weight excluding hydrogens is 186 g/mol. The molecule has 1 aromatic carbocycles. The Hall–Kier alpha value is -1.50. The van der Waals surface area contributed by atoms with Crippen molar-refractivity contribution >= 4 is 5.69 Å². The molecule has 0 saturated heterocycles. The standard InChI is InChI=1S/C13H17NO/c1-3-4-12(10-15-2)9-11-5-7-13(14)8-6-11/h4-8,12H,1,9-10,14H2,2H3. The first-order valence-electron chi connectivity index (χ1n) is 4.95. The van der Waals surface area contributed by atoms with E-state index in [2.05, 4.69) is 12.3 Å². The minimum atomic E-state index is 0.330. The van der Waals surface area contributed by atoms with Gasteiger partial charge in [0.1, 0.15) is 0 Å². The highest BCUT2D eigenvalue weighted by Crippen LogP contribution is 2.12. The molecular formula is C13H17NO. The maximum Gasteiger partial charge on any atom is 0.0534 e. The molecule has 0 saturated carbocycles. The summed E-state index contributed by atoms with van der Waals surface area (Å²) in [7, 11) is 1.70. The highest BCUT2D eigenvalue weighted by molar-refractivity contribution is 5.39. The average Bonchev–Trinajstić information content (AvgIpc) is 2.22. The van der Waals surface area contributed by atoms with Gasteiger partial charge in [-0.05, 0) is 30.2 Å². The van der Waals surface area contributed by atoms with E-state index in [1.54, 1.807) is 7.11 Å². The van der Waals surface area contributed by atoms with Gasteiger partial charge in [-0.1, -0.05) is 18.7 Å². The Morgan fingerprint density at radius 1 is 1.47 bits per heavy atom. The normalized spacial score (nSPS) is 11.8. The zero-order valence-corrected chi connectivity index (χ0v) is 9.07. The Bertz CT molecular complexity index is 336. The van der Waals surface area contributed by atoms with Crippen LogP contribution in [0.5, 0.6) is 0 Å². The third-order valence-electron chi connectivity index (χ3n) is 2.21. The summed E-state index contributed by atoms with van der Waals surface area (Å²) in [5.74, 6) is 0.330. The van der Waals surface area contributed by atoms with Crippen LogP contribution in [0.2, 0.25) is 0 Å². The monoisotopic (exact) mass is 203 g/mol. The van der Waals surface area contributed by atoms with Crippen molar-refractivity contribution in [2.45, 2.75) is 6.42 Å². The Morgan fingerprint density at radius 2 is 2.13 bits per heavy atom. The fourth-order valence-electron chi connectivity index (χ4n) is 1.50. The highest BCUT2D eigenvalue weighted by Gasteiger charge is 2.05. The van der Waals surface area contributed by atoms with Gasteiger partial charge >= 0.3 is 0 Å². The molecule has 2 heteroatoms. The first kappa shape index (κ1) is 11.6. The van der Waals surface area contributed by atoms with Gasteiger partial charge in [-0.25, -0.2) is 0 Å². The highest BCUT2D eigenvalue weighted by atomic mass is 16.5. The molecule has 0 heterocycles. The van der Waals surface area contributed by atoms with Crippen LogP contribution < -0.4 is 5.73 Å². The zero-order valence-electron chi connectivity index (χ0n) is 9.07.